The molecule has 0 spiro atoms. The Morgan fingerprint density at radius 1 is 0.573 bits per heavy atom. The summed E-state index contributed by atoms with van der Waals surface area (Å²) >= 11 is 0. The van der Waals surface area contributed by atoms with Gasteiger partial charge in [-0.1, -0.05) is 106 Å². The van der Waals surface area contributed by atoms with E-state index < -0.39 is 53.4 Å². The first-order chi connectivity index (χ1) is 37.9. The molecule has 0 aromatic carbocycles. The standard InChI is InChI=1S/C12H14O3.C10H16O3.2C9H14O3.C8H14O3.C7H12O3.C6H8O3/c1-3-15-12(14)9(2)11(13)10-7-5-4-6-8-10;1-6-13-9(12)7(2)8(11)10(3,4)5;1-5-12-9(11)7(4)8(10)6(2)3;1-4-6-8(10)7(3)9(11)12-5-2;1-4-7(9)6(3)8(10)11-5-2;1-4-10-7(9)5(2)6(3)8;1-4(5(2)7)6(8)9-3/h4-5,7H,2-3,6,8H2,1H3;2,6H2,1,3-5H3;6H,4-5H2,1-3H3;3-6H2,1-2H3;6H,4-5H2,1-3H3;7,9H,2,4H2,1,3H3;1H2,2-3H3. The molecule has 0 fully saturated rings. The summed E-state index contributed by atoms with van der Waals surface area (Å²) in [5.41, 5.74) is -0.239. The van der Waals surface area contributed by atoms with Crippen molar-refractivity contribution < 1.29 is 101 Å². The zero-order chi connectivity index (χ0) is 65.6. The van der Waals surface area contributed by atoms with E-state index in [1.54, 1.807) is 96.1 Å². The molecule has 82 heavy (non-hydrogen) atoms. The first-order valence-electron chi connectivity index (χ1n) is 26.4. The highest BCUT2D eigenvalue weighted by Crippen LogP contribution is 2.20. The molecule has 1 aliphatic rings. The number of ether oxygens (including phenoxy) is 7. The van der Waals surface area contributed by atoms with E-state index in [1.165, 1.54) is 21.0 Å². The molecule has 0 saturated heterocycles. The molecular weight excluding hydrogens is 1070 g/mol. The van der Waals surface area contributed by atoms with Crippen molar-refractivity contribution in [3.8, 4) is 0 Å². The Labute approximate surface area is 485 Å². The molecule has 462 valence electrons. The van der Waals surface area contributed by atoms with Gasteiger partial charge >= 0.3 is 35.8 Å². The predicted octanol–water partition coefficient (Wildman–Crippen LogP) is 8.43. The smallest absolute Gasteiger partial charge is 0.341 e. The van der Waals surface area contributed by atoms with Gasteiger partial charge in [0.15, 0.2) is 41.0 Å². The third-order valence-electron chi connectivity index (χ3n) is 9.66. The number of aliphatic hydroxyl groups excluding tert-OH is 1. The lowest BCUT2D eigenvalue weighted by Crippen LogP contribution is -2.26. The molecule has 1 N–H and O–H groups in total. The lowest BCUT2D eigenvalue weighted by atomic mass is 9.87. The monoisotopic (exact) mass is 1160 g/mol. The molecule has 2 unspecified atom stereocenters. The van der Waals surface area contributed by atoms with E-state index in [9.17, 15) is 62.3 Å². The zero-order valence-electron chi connectivity index (χ0n) is 51.6. The molecule has 0 aromatic heterocycles. The summed E-state index contributed by atoms with van der Waals surface area (Å²) in [6.07, 6.45) is 7.33. The lowest BCUT2D eigenvalue weighted by Gasteiger charge is -2.16. The van der Waals surface area contributed by atoms with Gasteiger partial charge in [-0.2, -0.15) is 0 Å². The number of carbonyl (C=O) groups excluding carboxylic acids is 13. The Bertz CT molecular complexity index is 2290. The van der Waals surface area contributed by atoms with Crippen LogP contribution in [0.1, 0.15) is 143 Å². The quantitative estimate of drug-likeness (QED) is 0.0212. The summed E-state index contributed by atoms with van der Waals surface area (Å²) < 4.78 is 32.2. The number of hydrogen-bond donors (Lipinski definition) is 1. The summed E-state index contributed by atoms with van der Waals surface area (Å²) in [5, 5.41) is 8.95. The van der Waals surface area contributed by atoms with E-state index >= 15 is 0 Å². The number of esters is 6. The van der Waals surface area contributed by atoms with Crippen molar-refractivity contribution in [2.45, 2.75) is 149 Å². The van der Waals surface area contributed by atoms with Gasteiger partial charge in [-0.3, -0.25) is 38.4 Å². The van der Waals surface area contributed by atoms with E-state index in [0.717, 1.165) is 12.8 Å². The molecule has 0 aromatic rings. The SMILES string of the molecule is C=C(C(=O)CCC)C(=O)OCC.C=C(C(=O)OCC)C(=O)C(C)(C)C.C=C(C(=O)OCC)C(=O)C(C)C.C=C(C(=O)OCC)C(=O)C1=CC=CCC1.C=C(C(C)=O)C(=O)OC.C=C(C(C)=O)C(O)OCC.CCOC(=O)C(C)C(=O)CC. The first-order valence-corrected chi connectivity index (χ1v) is 26.4. The third kappa shape index (κ3) is 40.5. The number of carbonyl (C=O) groups is 13. The Hall–Kier alpha value is -7.65. The van der Waals surface area contributed by atoms with Crippen LogP contribution < -0.4 is 0 Å². The zero-order valence-corrected chi connectivity index (χ0v) is 51.6. The average Bonchev–Trinajstić information content (AvgIpc) is 3.43. The highest BCUT2D eigenvalue weighted by molar-refractivity contribution is 6.23. The second-order valence-corrected chi connectivity index (χ2v) is 17.8. The number of hydrogen-bond acceptors (Lipinski definition) is 21. The molecule has 1 aliphatic carbocycles. The van der Waals surface area contributed by atoms with E-state index in [2.05, 4.69) is 63.2 Å². The van der Waals surface area contributed by atoms with E-state index in [-0.39, 0.29) is 106 Å². The maximum absolute atomic E-state index is 11.7. The fourth-order valence-electron chi connectivity index (χ4n) is 4.84. The average molecular weight is 1160 g/mol. The third-order valence-corrected chi connectivity index (χ3v) is 9.66. The van der Waals surface area contributed by atoms with Crippen molar-refractivity contribution in [3.63, 3.8) is 0 Å². The summed E-state index contributed by atoms with van der Waals surface area (Å²) in [7, 11) is 1.20. The van der Waals surface area contributed by atoms with E-state index in [1.807, 2.05) is 19.1 Å². The Balaban J connectivity index is -0.000000207. The Morgan fingerprint density at radius 3 is 1.32 bits per heavy atom. The normalized spacial score (nSPS) is 11.2. The minimum atomic E-state index is -1.14. The number of ketones is 7. The molecule has 2 atom stereocenters. The molecule has 0 saturated carbocycles. The lowest BCUT2D eigenvalue weighted by molar-refractivity contribution is -0.151. The minimum absolute atomic E-state index is 0.0429. The fraction of sp³-hybridized carbons (Fsp3) is 0.525. The fourth-order valence-corrected chi connectivity index (χ4v) is 4.84. The predicted molar refractivity (Wildman–Crippen MR) is 309 cm³/mol. The topological polar surface area (TPSA) is 307 Å². The number of allylic oxidation sites excluding steroid dienone is 4. The van der Waals surface area contributed by atoms with Crippen LogP contribution in [-0.4, -0.2) is 134 Å². The highest BCUT2D eigenvalue weighted by Gasteiger charge is 2.28. The summed E-state index contributed by atoms with van der Waals surface area (Å²) in [4.78, 5) is 143. The van der Waals surface area contributed by atoms with Crippen LogP contribution in [0.25, 0.3) is 0 Å². The maximum atomic E-state index is 11.7. The highest BCUT2D eigenvalue weighted by atomic mass is 16.6. The van der Waals surface area contributed by atoms with Crippen molar-refractivity contribution in [2.24, 2.45) is 17.3 Å². The number of Topliss-reactive ketones (excluding diaryl/α,β-unsaturated/α-hetero) is 7. The summed E-state index contributed by atoms with van der Waals surface area (Å²) in [5.74, 6) is -6.09. The summed E-state index contributed by atoms with van der Waals surface area (Å²) in [6, 6.07) is 0. The molecule has 0 amide bonds. The molecule has 21 heteroatoms. The van der Waals surface area contributed by atoms with Crippen LogP contribution >= 0.6 is 0 Å². The van der Waals surface area contributed by atoms with Crippen LogP contribution in [0.2, 0.25) is 0 Å². The van der Waals surface area contributed by atoms with Crippen LogP contribution in [0.15, 0.2) is 96.7 Å². The largest absolute Gasteiger partial charge is 0.465 e. The maximum Gasteiger partial charge on any atom is 0.341 e. The second-order valence-electron chi connectivity index (χ2n) is 17.8. The van der Waals surface area contributed by atoms with Crippen molar-refractivity contribution in [3.05, 3.63) is 96.7 Å². The van der Waals surface area contributed by atoms with Crippen LogP contribution in [0.3, 0.4) is 0 Å². The van der Waals surface area contributed by atoms with Crippen molar-refractivity contribution >= 4 is 76.3 Å². The molecule has 0 aliphatic heterocycles. The van der Waals surface area contributed by atoms with Gasteiger partial charge < -0.3 is 38.3 Å². The van der Waals surface area contributed by atoms with Gasteiger partial charge in [-0.15, -0.1) is 0 Å². The van der Waals surface area contributed by atoms with E-state index in [4.69, 9.17) is 14.6 Å². The van der Waals surface area contributed by atoms with E-state index in [0.29, 0.717) is 38.0 Å². The van der Waals surface area contributed by atoms with Crippen molar-refractivity contribution in [1.29, 1.82) is 0 Å². The van der Waals surface area contributed by atoms with Gasteiger partial charge in [0.05, 0.1) is 62.4 Å². The van der Waals surface area contributed by atoms with Crippen molar-refractivity contribution in [1.82, 2.24) is 0 Å². The van der Waals surface area contributed by atoms with Gasteiger partial charge in [-0.05, 0) is 81.6 Å². The molecule has 0 bridgehead atoms. The molecule has 0 radical (unpaired) electrons. The molecular formula is C61H92O21. The first kappa shape index (κ1) is 85.6. The van der Waals surface area contributed by atoms with Gasteiger partial charge in [0.2, 0.25) is 0 Å². The van der Waals surface area contributed by atoms with Crippen LogP contribution in [0.4, 0.5) is 0 Å². The van der Waals surface area contributed by atoms with Crippen LogP contribution in [0.5, 0.6) is 0 Å². The minimum Gasteiger partial charge on any atom is -0.465 e. The van der Waals surface area contributed by atoms with Gasteiger partial charge in [-0.25, -0.2) is 24.0 Å². The van der Waals surface area contributed by atoms with Gasteiger partial charge in [0, 0.05) is 41.9 Å². The summed E-state index contributed by atoms with van der Waals surface area (Å²) in [6.45, 7) is 48.5. The van der Waals surface area contributed by atoms with Crippen LogP contribution in [-0.2, 0) is 95.5 Å². The van der Waals surface area contributed by atoms with Gasteiger partial charge in [0.1, 0.15) is 17.3 Å². The van der Waals surface area contributed by atoms with Crippen LogP contribution in [0, 0.1) is 17.3 Å². The molecule has 1 rings (SSSR count). The molecule has 0 heterocycles. The number of methoxy groups -OCH3 is 1. The Morgan fingerprint density at radius 2 is 1.00 bits per heavy atom. The van der Waals surface area contributed by atoms with Crippen molar-refractivity contribution in [2.75, 3.05) is 46.8 Å². The Kier molecular flexibility index (Phi) is 51.4. The second kappa shape index (κ2) is 49.2. The van der Waals surface area contributed by atoms with Gasteiger partial charge in [0.25, 0.3) is 0 Å². The number of aliphatic hydroxyl groups is 1. The number of rotatable bonds is 26. The molecule has 21 nitrogen and oxygen atoms in total.